The molecule has 0 unspecified atom stereocenters. The van der Waals surface area contributed by atoms with Crippen LogP contribution in [0.15, 0.2) is 36.5 Å². The van der Waals surface area contributed by atoms with Crippen LogP contribution in [0.2, 0.25) is 5.02 Å². The second kappa shape index (κ2) is 6.04. The number of anilines is 2. The van der Waals surface area contributed by atoms with E-state index in [1.54, 1.807) is 0 Å². The maximum Gasteiger partial charge on any atom is 0.151 e. The van der Waals surface area contributed by atoms with Crippen LogP contribution in [0.25, 0.3) is 0 Å². The number of benzene rings is 1. The minimum Gasteiger partial charge on any atom is -0.328 e. The average Bonchev–Trinajstić information content (AvgIpc) is 2.39. The average molecular weight is 276 g/mol. The third-order valence-electron chi connectivity index (χ3n) is 3.00. The third kappa shape index (κ3) is 3.25. The smallest absolute Gasteiger partial charge is 0.151 e. The Kier molecular flexibility index (Phi) is 4.40. The Labute approximate surface area is 119 Å². The normalized spacial score (nSPS) is 10.5. The Morgan fingerprint density at radius 3 is 2.53 bits per heavy atom. The molecule has 1 N–H and O–H groups in total. The fourth-order valence-corrected chi connectivity index (χ4v) is 2.22. The molecule has 0 amide bonds. The topological polar surface area (TPSA) is 28.2 Å². The molecule has 0 aliphatic heterocycles. The molecule has 2 rings (SSSR count). The quantitative estimate of drug-likeness (QED) is 0.925. The Morgan fingerprint density at radius 2 is 1.95 bits per heavy atom. The molecule has 0 atom stereocenters. The summed E-state index contributed by atoms with van der Waals surface area (Å²) < 4.78 is 0. The van der Waals surface area contributed by atoms with Crippen molar-refractivity contribution in [2.24, 2.45) is 0 Å². The summed E-state index contributed by atoms with van der Waals surface area (Å²) in [6.45, 7) is 2.84. The lowest BCUT2D eigenvalue weighted by Crippen LogP contribution is -2.13. The number of hydrogen-bond donors (Lipinski definition) is 1. The maximum absolute atomic E-state index is 6.31. The van der Waals surface area contributed by atoms with E-state index in [9.17, 15) is 0 Å². The first-order valence-corrected chi connectivity index (χ1v) is 6.59. The van der Waals surface area contributed by atoms with Crippen LogP contribution in [0.5, 0.6) is 0 Å². The number of halogens is 1. The second-order valence-electron chi connectivity index (χ2n) is 4.57. The Bertz CT molecular complexity index is 552. The summed E-state index contributed by atoms with van der Waals surface area (Å²) in [5, 5.41) is 3.75. The van der Waals surface area contributed by atoms with Crippen LogP contribution in [-0.4, -0.2) is 19.1 Å². The predicted octanol–water partition coefficient (Wildman–Crippen LogP) is 3.53. The van der Waals surface area contributed by atoms with E-state index in [0.29, 0.717) is 5.02 Å². The summed E-state index contributed by atoms with van der Waals surface area (Å²) >= 11 is 6.31. The molecule has 0 aliphatic carbocycles. The van der Waals surface area contributed by atoms with Gasteiger partial charge in [-0.2, -0.15) is 0 Å². The second-order valence-corrected chi connectivity index (χ2v) is 4.98. The molecule has 0 fully saturated rings. The summed E-state index contributed by atoms with van der Waals surface area (Å²) in [5.41, 5.74) is 3.38. The summed E-state index contributed by atoms with van der Waals surface area (Å²) in [7, 11) is 3.87. The lowest BCUT2D eigenvalue weighted by Gasteiger charge is -2.20. The minimum atomic E-state index is 0.663. The Hall–Kier alpha value is -1.58. The summed E-state index contributed by atoms with van der Waals surface area (Å²) in [6.07, 6.45) is 1.85. The van der Waals surface area contributed by atoms with Crippen molar-refractivity contribution < 1.29 is 0 Å². The molecule has 2 aromatic rings. The van der Waals surface area contributed by atoms with E-state index in [0.717, 1.165) is 23.6 Å². The highest BCUT2D eigenvalue weighted by Gasteiger charge is 2.10. The molecular formula is C15H18ClN3. The van der Waals surface area contributed by atoms with Gasteiger partial charge in [-0.05, 0) is 37.7 Å². The highest BCUT2D eigenvalue weighted by atomic mass is 35.5. The van der Waals surface area contributed by atoms with Crippen molar-refractivity contribution in [2.75, 3.05) is 19.0 Å². The molecule has 1 aromatic carbocycles. The van der Waals surface area contributed by atoms with Crippen LogP contribution >= 0.6 is 11.6 Å². The molecule has 19 heavy (non-hydrogen) atoms. The van der Waals surface area contributed by atoms with Gasteiger partial charge in [0.15, 0.2) is 5.82 Å². The molecule has 0 aliphatic rings. The number of nitrogens with zero attached hydrogens (tertiary/aromatic N) is 2. The van der Waals surface area contributed by atoms with Gasteiger partial charge >= 0.3 is 0 Å². The van der Waals surface area contributed by atoms with Gasteiger partial charge in [0.05, 0.1) is 5.02 Å². The van der Waals surface area contributed by atoms with E-state index in [-0.39, 0.29) is 0 Å². The number of pyridine rings is 1. The third-order valence-corrected chi connectivity index (χ3v) is 3.28. The number of aromatic nitrogens is 1. The lowest BCUT2D eigenvalue weighted by atomic mass is 10.2. The summed E-state index contributed by atoms with van der Waals surface area (Å²) in [4.78, 5) is 6.44. The molecule has 1 aromatic heterocycles. The molecule has 1 heterocycles. The van der Waals surface area contributed by atoms with Gasteiger partial charge in [-0.1, -0.05) is 29.3 Å². The fraction of sp³-hybridized carbons (Fsp3) is 0.267. The standard InChI is InChI=1S/C15H18ClN3/c1-11-4-6-13(7-5-11)19(3)15-14(16)8-12(9-17-2)10-18-15/h4-8,10,17H,9H2,1-3H3. The highest BCUT2D eigenvalue weighted by molar-refractivity contribution is 6.33. The molecule has 0 saturated heterocycles. The van der Waals surface area contributed by atoms with Crippen molar-refractivity contribution >= 4 is 23.1 Å². The van der Waals surface area contributed by atoms with Crippen molar-refractivity contribution in [1.82, 2.24) is 10.3 Å². The van der Waals surface area contributed by atoms with Crippen LogP contribution in [0.4, 0.5) is 11.5 Å². The molecule has 0 saturated carbocycles. The number of aryl methyl sites for hydroxylation is 1. The monoisotopic (exact) mass is 275 g/mol. The van der Waals surface area contributed by atoms with Gasteiger partial charge in [-0.3, -0.25) is 0 Å². The molecule has 100 valence electrons. The first kappa shape index (κ1) is 13.8. The zero-order valence-corrected chi connectivity index (χ0v) is 12.2. The van der Waals surface area contributed by atoms with Crippen molar-refractivity contribution in [3.8, 4) is 0 Å². The molecule has 4 heteroatoms. The van der Waals surface area contributed by atoms with E-state index < -0.39 is 0 Å². The zero-order valence-electron chi connectivity index (χ0n) is 11.4. The Morgan fingerprint density at radius 1 is 1.26 bits per heavy atom. The van der Waals surface area contributed by atoms with Crippen LogP contribution < -0.4 is 10.2 Å². The van der Waals surface area contributed by atoms with Crippen molar-refractivity contribution in [3.05, 3.63) is 52.7 Å². The maximum atomic E-state index is 6.31. The van der Waals surface area contributed by atoms with Crippen LogP contribution in [0, 0.1) is 6.92 Å². The van der Waals surface area contributed by atoms with Gasteiger partial charge < -0.3 is 10.2 Å². The van der Waals surface area contributed by atoms with Gasteiger partial charge in [-0.25, -0.2) is 4.98 Å². The van der Waals surface area contributed by atoms with Gasteiger partial charge in [0, 0.05) is 25.5 Å². The molecule has 3 nitrogen and oxygen atoms in total. The highest BCUT2D eigenvalue weighted by Crippen LogP contribution is 2.29. The van der Waals surface area contributed by atoms with E-state index in [2.05, 4.69) is 41.5 Å². The zero-order chi connectivity index (χ0) is 13.8. The minimum absolute atomic E-state index is 0.663. The lowest BCUT2D eigenvalue weighted by molar-refractivity contribution is 0.813. The van der Waals surface area contributed by atoms with Crippen molar-refractivity contribution in [1.29, 1.82) is 0 Å². The Balaban J connectivity index is 2.28. The van der Waals surface area contributed by atoms with Gasteiger partial charge in [0.25, 0.3) is 0 Å². The van der Waals surface area contributed by atoms with Crippen molar-refractivity contribution in [3.63, 3.8) is 0 Å². The first-order valence-electron chi connectivity index (χ1n) is 6.21. The van der Waals surface area contributed by atoms with Gasteiger partial charge in [0.2, 0.25) is 0 Å². The van der Waals surface area contributed by atoms with E-state index >= 15 is 0 Å². The fourth-order valence-electron chi connectivity index (χ4n) is 1.91. The van der Waals surface area contributed by atoms with E-state index in [4.69, 9.17) is 11.6 Å². The van der Waals surface area contributed by atoms with Crippen LogP contribution in [0.1, 0.15) is 11.1 Å². The molecule has 0 spiro atoms. The molecule has 0 bridgehead atoms. The van der Waals surface area contributed by atoms with Gasteiger partial charge in [0.1, 0.15) is 0 Å². The molecular weight excluding hydrogens is 258 g/mol. The van der Waals surface area contributed by atoms with Crippen molar-refractivity contribution in [2.45, 2.75) is 13.5 Å². The first-order chi connectivity index (χ1) is 9.11. The SMILES string of the molecule is CNCc1cnc(N(C)c2ccc(C)cc2)c(Cl)c1. The summed E-state index contributed by atoms with van der Waals surface area (Å²) in [5.74, 6) is 0.769. The molecule has 0 radical (unpaired) electrons. The van der Waals surface area contributed by atoms with E-state index in [1.165, 1.54) is 5.56 Å². The predicted molar refractivity (Wildman–Crippen MR) is 81.3 cm³/mol. The number of nitrogens with one attached hydrogen (secondary N) is 1. The number of hydrogen-bond acceptors (Lipinski definition) is 3. The van der Waals surface area contributed by atoms with E-state index in [1.807, 2.05) is 31.3 Å². The largest absolute Gasteiger partial charge is 0.328 e. The van der Waals surface area contributed by atoms with Crippen LogP contribution in [-0.2, 0) is 6.54 Å². The van der Waals surface area contributed by atoms with Gasteiger partial charge in [-0.15, -0.1) is 0 Å². The summed E-state index contributed by atoms with van der Waals surface area (Å²) in [6, 6.07) is 10.2. The number of rotatable bonds is 4. The van der Waals surface area contributed by atoms with Crippen LogP contribution in [0.3, 0.4) is 0 Å².